The van der Waals surface area contributed by atoms with Gasteiger partial charge in [-0.1, -0.05) is 32.9 Å². The van der Waals surface area contributed by atoms with E-state index >= 15 is 0 Å². The first-order chi connectivity index (χ1) is 9.40. The van der Waals surface area contributed by atoms with E-state index in [2.05, 4.69) is 32.9 Å². The Hall–Kier alpha value is -2.47. The van der Waals surface area contributed by atoms with Crippen LogP contribution in [0.1, 0.15) is 31.9 Å². The third-order valence-corrected chi connectivity index (χ3v) is 3.09. The Balaban J connectivity index is 2.21. The Morgan fingerprint density at radius 3 is 2.20 bits per heavy atom. The molecule has 102 valence electrons. The molecule has 0 bridgehead atoms. The summed E-state index contributed by atoms with van der Waals surface area (Å²) >= 11 is 0. The SMILES string of the molecule is CC(C)(C)c1ccc(Oc2ccc(C#N)cc2N)cc1. The van der Waals surface area contributed by atoms with Gasteiger partial charge in [0.15, 0.2) is 0 Å². The second kappa shape index (κ2) is 5.26. The van der Waals surface area contributed by atoms with Crippen LogP contribution >= 0.6 is 0 Å². The summed E-state index contributed by atoms with van der Waals surface area (Å²) in [5.41, 5.74) is 8.22. The van der Waals surface area contributed by atoms with Crippen LogP contribution in [0.15, 0.2) is 42.5 Å². The maximum atomic E-state index is 8.80. The van der Waals surface area contributed by atoms with Crippen LogP contribution in [0.2, 0.25) is 0 Å². The van der Waals surface area contributed by atoms with Crippen LogP contribution in [0.4, 0.5) is 5.69 Å². The number of nitrogens with zero attached hydrogens (tertiary/aromatic N) is 1. The molecule has 0 radical (unpaired) electrons. The Morgan fingerprint density at radius 2 is 1.70 bits per heavy atom. The zero-order valence-electron chi connectivity index (χ0n) is 12.0. The molecule has 0 atom stereocenters. The number of rotatable bonds is 2. The molecule has 0 aromatic heterocycles. The third kappa shape index (κ3) is 3.10. The fourth-order valence-corrected chi connectivity index (χ4v) is 1.86. The first-order valence-corrected chi connectivity index (χ1v) is 6.48. The van der Waals surface area contributed by atoms with E-state index in [1.165, 1.54) is 5.56 Å². The van der Waals surface area contributed by atoms with Crippen molar-refractivity contribution in [3.05, 3.63) is 53.6 Å². The first-order valence-electron chi connectivity index (χ1n) is 6.48. The number of benzene rings is 2. The summed E-state index contributed by atoms with van der Waals surface area (Å²) < 4.78 is 5.74. The van der Waals surface area contributed by atoms with Gasteiger partial charge in [-0.15, -0.1) is 0 Å². The predicted octanol–water partition coefficient (Wildman–Crippen LogP) is 4.23. The minimum Gasteiger partial charge on any atom is -0.455 e. The second-order valence-electron chi connectivity index (χ2n) is 5.74. The topological polar surface area (TPSA) is 59.0 Å². The lowest BCUT2D eigenvalue weighted by Gasteiger charge is -2.19. The van der Waals surface area contributed by atoms with Gasteiger partial charge in [-0.2, -0.15) is 5.26 Å². The molecule has 0 aliphatic heterocycles. The zero-order chi connectivity index (χ0) is 14.8. The number of nitrogens with two attached hydrogens (primary N) is 1. The summed E-state index contributed by atoms with van der Waals surface area (Å²) in [6, 6.07) is 15.0. The number of hydrogen-bond donors (Lipinski definition) is 1. The monoisotopic (exact) mass is 266 g/mol. The predicted molar refractivity (Wildman–Crippen MR) is 80.8 cm³/mol. The molecular formula is C17H18N2O. The number of ether oxygens (including phenoxy) is 1. The van der Waals surface area contributed by atoms with E-state index in [4.69, 9.17) is 15.7 Å². The molecule has 0 saturated carbocycles. The highest BCUT2D eigenvalue weighted by Gasteiger charge is 2.13. The van der Waals surface area contributed by atoms with Crippen LogP contribution in [-0.4, -0.2) is 0 Å². The summed E-state index contributed by atoms with van der Waals surface area (Å²) in [4.78, 5) is 0. The van der Waals surface area contributed by atoms with Crippen molar-refractivity contribution in [3.63, 3.8) is 0 Å². The van der Waals surface area contributed by atoms with Crippen molar-refractivity contribution in [2.75, 3.05) is 5.73 Å². The van der Waals surface area contributed by atoms with E-state index in [1.54, 1.807) is 18.2 Å². The van der Waals surface area contributed by atoms with Gasteiger partial charge in [-0.25, -0.2) is 0 Å². The Bertz CT molecular complexity index is 646. The van der Waals surface area contributed by atoms with E-state index in [1.807, 2.05) is 18.2 Å². The Labute approximate surface area is 119 Å². The number of nitriles is 1. The zero-order valence-corrected chi connectivity index (χ0v) is 12.0. The number of hydrogen-bond acceptors (Lipinski definition) is 3. The smallest absolute Gasteiger partial charge is 0.150 e. The highest BCUT2D eigenvalue weighted by molar-refractivity contribution is 5.57. The molecule has 0 unspecified atom stereocenters. The average molecular weight is 266 g/mol. The minimum atomic E-state index is 0.117. The van der Waals surface area contributed by atoms with E-state index in [9.17, 15) is 0 Å². The van der Waals surface area contributed by atoms with Gasteiger partial charge in [0, 0.05) is 0 Å². The van der Waals surface area contributed by atoms with E-state index in [0.717, 1.165) is 5.75 Å². The second-order valence-corrected chi connectivity index (χ2v) is 5.74. The lowest BCUT2D eigenvalue weighted by Crippen LogP contribution is -2.10. The molecule has 3 heteroatoms. The third-order valence-electron chi connectivity index (χ3n) is 3.09. The molecular weight excluding hydrogens is 248 g/mol. The van der Waals surface area contributed by atoms with Gasteiger partial charge < -0.3 is 10.5 Å². The molecule has 0 amide bonds. The maximum absolute atomic E-state index is 8.80. The first kappa shape index (κ1) is 14.0. The van der Waals surface area contributed by atoms with Crippen LogP contribution in [0, 0.1) is 11.3 Å². The highest BCUT2D eigenvalue weighted by atomic mass is 16.5. The molecule has 0 aliphatic rings. The molecule has 20 heavy (non-hydrogen) atoms. The molecule has 2 aromatic carbocycles. The van der Waals surface area contributed by atoms with Crippen molar-refractivity contribution in [1.82, 2.24) is 0 Å². The van der Waals surface area contributed by atoms with Crippen molar-refractivity contribution in [2.45, 2.75) is 26.2 Å². The van der Waals surface area contributed by atoms with E-state index in [-0.39, 0.29) is 5.41 Å². The van der Waals surface area contributed by atoms with Crippen molar-refractivity contribution in [3.8, 4) is 17.6 Å². The summed E-state index contributed by atoms with van der Waals surface area (Å²) in [6.45, 7) is 6.50. The molecule has 0 fully saturated rings. The van der Waals surface area contributed by atoms with Crippen molar-refractivity contribution >= 4 is 5.69 Å². The van der Waals surface area contributed by atoms with Crippen LogP contribution < -0.4 is 10.5 Å². The quantitative estimate of drug-likeness (QED) is 0.827. The van der Waals surface area contributed by atoms with Crippen molar-refractivity contribution < 1.29 is 4.74 Å². The molecule has 2 aromatic rings. The van der Waals surface area contributed by atoms with Crippen molar-refractivity contribution in [2.24, 2.45) is 0 Å². The lowest BCUT2D eigenvalue weighted by molar-refractivity contribution is 0.483. The fraction of sp³-hybridized carbons (Fsp3) is 0.235. The maximum Gasteiger partial charge on any atom is 0.150 e. The Morgan fingerprint density at radius 1 is 1.05 bits per heavy atom. The van der Waals surface area contributed by atoms with Gasteiger partial charge in [0.1, 0.15) is 11.5 Å². The summed E-state index contributed by atoms with van der Waals surface area (Å²) in [5.74, 6) is 1.29. The summed E-state index contributed by atoms with van der Waals surface area (Å²) in [6.07, 6.45) is 0. The molecule has 2 rings (SSSR count). The molecule has 0 aliphatic carbocycles. The van der Waals surface area contributed by atoms with Crippen molar-refractivity contribution in [1.29, 1.82) is 5.26 Å². The summed E-state index contributed by atoms with van der Waals surface area (Å²) in [7, 11) is 0. The van der Waals surface area contributed by atoms with E-state index in [0.29, 0.717) is 17.0 Å². The molecule has 0 saturated heterocycles. The standard InChI is InChI=1S/C17H18N2O/c1-17(2,3)13-5-7-14(8-6-13)20-16-9-4-12(11-18)10-15(16)19/h4-10H,19H2,1-3H3. The van der Waals surface area contributed by atoms with Crippen LogP contribution in [0.3, 0.4) is 0 Å². The lowest BCUT2D eigenvalue weighted by atomic mass is 9.87. The van der Waals surface area contributed by atoms with Crippen LogP contribution in [0.5, 0.6) is 11.5 Å². The van der Waals surface area contributed by atoms with Gasteiger partial charge >= 0.3 is 0 Å². The minimum absolute atomic E-state index is 0.117. The highest BCUT2D eigenvalue weighted by Crippen LogP contribution is 2.30. The molecule has 0 heterocycles. The van der Waals surface area contributed by atoms with E-state index < -0.39 is 0 Å². The number of nitrogen functional groups attached to an aromatic ring is 1. The van der Waals surface area contributed by atoms with Gasteiger partial charge in [0.05, 0.1) is 17.3 Å². The number of anilines is 1. The van der Waals surface area contributed by atoms with Gasteiger partial charge in [0.2, 0.25) is 0 Å². The largest absolute Gasteiger partial charge is 0.455 e. The van der Waals surface area contributed by atoms with Gasteiger partial charge in [0.25, 0.3) is 0 Å². The molecule has 0 spiro atoms. The summed E-state index contributed by atoms with van der Waals surface area (Å²) in [5, 5.41) is 8.80. The fourth-order valence-electron chi connectivity index (χ4n) is 1.86. The Kier molecular flexibility index (Phi) is 3.67. The van der Waals surface area contributed by atoms with Gasteiger partial charge in [-0.3, -0.25) is 0 Å². The molecule has 2 N–H and O–H groups in total. The molecule has 3 nitrogen and oxygen atoms in total. The van der Waals surface area contributed by atoms with Gasteiger partial charge in [-0.05, 0) is 41.3 Å². The normalized spacial score (nSPS) is 10.9. The van der Waals surface area contributed by atoms with Crippen LogP contribution in [0.25, 0.3) is 0 Å². The van der Waals surface area contributed by atoms with Crippen LogP contribution in [-0.2, 0) is 5.41 Å². The average Bonchev–Trinajstić information content (AvgIpc) is 2.40.